The molecule has 0 radical (unpaired) electrons. The van der Waals surface area contributed by atoms with Gasteiger partial charge in [0.05, 0.1) is 5.60 Å². The Morgan fingerprint density at radius 1 is 0.857 bits per heavy atom. The van der Waals surface area contributed by atoms with E-state index in [9.17, 15) is 9.50 Å². The molecule has 0 aliphatic rings. The first-order valence-corrected chi connectivity index (χ1v) is 6.97. The normalized spacial score (nSPS) is 11.8. The molecule has 0 spiro atoms. The van der Waals surface area contributed by atoms with Crippen LogP contribution in [0.4, 0.5) is 4.39 Å². The highest BCUT2D eigenvalue weighted by Gasteiger charge is 2.22. The van der Waals surface area contributed by atoms with Crippen LogP contribution in [0.5, 0.6) is 0 Å². The molecule has 0 aromatic heterocycles. The minimum Gasteiger partial charge on any atom is -0.386 e. The summed E-state index contributed by atoms with van der Waals surface area (Å²) in [4.78, 5) is 0. The van der Waals surface area contributed by atoms with Gasteiger partial charge in [0.15, 0.2) is 0 Å². The van der Waals surface area contributed by atoms with Crippen molar-refractivity contribution in [3.8, 4) is 11.1 Å². The Kier molecular flexibility index (Phi) is 3.26. The van der Waals surface area contributed by atoms with E-state index in [1.54, 1.807) is 19.9 Å². The minimum absolute atomic E-state index is 0.337. The molecule has 3 rings (SSSR count). The summed E-state index contributed by atoms with van der Waals surface area (Å²) >= 11 is 0. The summed E-state index contributed by atoms with van der Waals surface area (Å²) in [7, 11) is 0. The van der Waals surface area contributed by atoms with Crippen LogP contribution in [0, 0.1) is 5.82 Å². The van der Waals surface area contributed by atoms with Crippen LogP contribution in [0.25, 0.3) is 21.9 Å². The molecule has 0 bridgehead atoms. The molecule has 0 atom stereocenters. The smallest absolute Gasteiger partial charge is 0.123 e. The second-order valence-corrected chi connectivity index (χ2v) is 5.78. The molecule has 3 aromatic rings. The van der Waals surface area contributed by atoms with E-state index in [2.05, 4.69) is 0 Å². The molecule has 0 saturated heterocycles. The maximum absolute atomic E-state index is 13.6. The SMILES string of the molecule is CC(C)(O)c1cc(F)ccc1-c1cccc2ccccc12. The Balaban J connectivity index is 2.34. The minimum atomic E-state index is -1.10. The van der Waals surface area contributed by atoms with E-state index >= 15 is 0 Å². The zero-order chi connectivity index (χ0) is 15.0. The second-order valence-electron chi connectivity index (χ2n) is 5.78. The Bertz CT molecular complexity index is 795. The summed E-state index contributed by atoms with van der Waals surface area (Å²) in [5, 5.41) is 12.6. The lowest BCUT2D eigenvalue weighted by Gasteiger charge is -2.22. The van der Waals surface area contributed by atoms with Crippen LogP contribution in [0.15, 0.2) is 60.7 Å². The summed E-state index contributed by atoms with van der Waals surface area (Å²) in [6.07, 6.45) is 0. The predicted molar refractivity (Wildman–Crippen MR) is 84.6 cm³/mol. The maximum atomic E-state index is 13.6. The zero-order valence-electron chi connectivity index (χ0n) is 12.1. The van der Waals surface area contributed by atoms with Gasteiger partial charge in [-0.25, -0.2) is 4.39 Å². The molecule has 0 heterocycles. The average molecular weight is 280 g/mol. The molecule has 0 saturated carbocycles. The van der Waals surface area contributed by atoms with Crippen molar-refractivity contribution in [3.05, 3.63) is 72.0 Å². The molecule has 1 N–H and O–H groups in total. The molecular weight excluding hydrogens is 263 g/mol. The molecule has 106 valence electrons. The van der Waals surface area contributed by atoms with Gasteiger partial charge in [-0.05, 0) is 53.4 Å². The largest absolute Gasteiger partial charge is 0.386 e. The van der Waals surface area contributed by atoms with E-state index in [1.807, 2.05) is 42.5 Å². The van der Waals surface area contributed by atoms with Gasteiger partial charge in [-0.3, -0.25) is 0 Å². The molecule has 0 fully saturated rings. The maximum Gasteiger partial charge on any atom is 0.123 e. The van der Waals surface area contributed by atoms with Crippen LogP contribution >= 0.6 is 0 Å². The van der Waals surface area contributed by atoms with Gasteiger partial charge in [0.1, 0.15) is 5.82 Å². The van der Waals surface area contributed by atoms with Crippen LogP contribution in [-0.4, -0.2) is 5.11 Å². The van der Waals surface area contributed by atoms with Crippen molar-refractivity contribution < 1.29 is 9.50 Å². The van der Waals surface area contributed by atoms with Gasteiger partial charge < -0.3 is 5.11 Å². The fraction of sp³-hybridized carbons (Fsp3) is 0.158. The van der Waals surface area contributed by atoms with Crippen LogP contribution in [0.3, 0.4) is 0 Å². The highest BCUT2D eigenvalue weighted by molar-refractivity contribution is 5.97. The predicted octanol–water partition coefficient (Wildman–Crippen LogP) is 4.87. The van der Waals surface area contributed by atoms with Crippen LogP contribution in [-0.2, 0) is 5.60 Å². The summed E-state index contributed by atoms with van der Waals surface area (Å²) in [5.74, 6) is -0.337. The quantitative estimate of drug-likeness (QED) is 0.709. The van der Waals surface area contributed by atoms with Gasteiger partial charge in [0.2, 0.25) is 0 Å². The summed E-state index contributed by atoms with van der Waals surface area (Å²) in [5.41, 5.74) is 1.36. The van der Waals surface area contributed by atoms with Crippen molar-refractivity contribution in [2.24, 2.45) is 0 Å². The van der Waals surface area contributed by atoms with Gasteiger partial charge in [-0.1, -0.05) is 48.5 Å². The van der Waals surface area contributed by atoms with Crippen molar-refractivity contribution in [2.45, 2.75) is 19.4 Å². The van der Waals surface area contributed by atoms with Gasteiger partial charge in [-0.2, -0.15) is 0 Å². The van der Waals surface area contributed by atoms with Crippen molar-refractivity contribution in [1.82, 2.24) is 0 Å². The van der Waals surface area contributed by atoms with E-state index in [-0.39, 0.29) is 5.82 Å². The highest BCUT2D eigenvalue weighted by Crippen LogP contribution is 2.36. The monoisotopic (exact) mass is 280 g/mol. The molecule has 1 nitrogen and oxygen atoms in total. The van der Waals surface area contributed by atoms with Crippen molar-refractivity contribution in [2.75, 3.05) is 0 Å². The number of hydrogen-bond acceptors (Lipinski definition) is 1. The first-order valence-electron chi connectivity index (χ1n) is 6.97. The van der Waals surface area contributed by atoms with E-state index < -0.39 is 5.60 Å². The van der Waals surface area contributed by atoms with E-state index in [0.717, 1.165) is 21.9 Å². The average Bonchev–Trinajstić information content (AvgIpc) is 2.46. The third kappa shape index (κ3) is 2.55. The van der Waals surface area contributed by atoms with Gasteiger partial charge >= 0.3 is 0 Å². The van der Waals surface area contributed by atoms with E-state index in [1.165, 1.54) is 12.1 Å². The number of fused-ring (bicyclic) bond motifs is 1. The lowest BCUT2D eigenvalue weighted by atomic mass is 9.87. The molecule has 0 aliphatic carbocycles. The number of halogens is 1. The topological polar surface area (TPSA) is 20.2 Å². The Hall–Kier alpha value is -2.19. The van der Waals surface area contributed by atoms with Gasteiger partial charge in [0, 0.05) is 0 Å². The first kappa shape index (κ1) is 13.8. The third-order valence-electron chi connectivity index (χ3n) is 3.72. The first-order chi connectivity index (χ1) is 9.97. The second kappa shape index (κ2) is 4.97. The molecule has 2 heteroatoms. The summed E-state index contributed by atoms with van der Waals surface area (Å²) in [6.45, 7) is 3.35. The Labute approximate surface area is 123 Å². The van der Waals surface area contributed by atoms with Crippen LogP contribution < -0.4 is 0 Å². The summed E-state index contributed by atoms with van der Waals surface area (Å²) < 4.78 is 13.6. The molecule has 0 amide bonds. The van der Waals surface area contributed by atoms with Crippen LogP contribution in [0.2, 0.25) is 0 Å². The molecule has 3 aromatic carbocycles. The fourth-order valence-electron chi connectivity index (χ4n) is 2.72. The lowest BCUT2D eigenvalue weighted by molar-refractivity contribution is 0.0788. The van der Waals surface area contributed by atoms with Gasteiger partial charge in [0.25, 0.3) is 0 Å². The third-order valence-corrected chi connectivity index (χ3v) is 3.72. The van der Waals surface area contributed by atoms with E-state index in [0.29, 0.717) is 5.56 Å². The number of benzene rings is 3. The Morgan fingerprint density at radius 3 is 2.33 bits per heavy atom. The number of aliphatic hydroxyl groups is 1. The van der Waals surface area contributed by atoms with Crippen molar-refractivity contribution in [3.63, 3.8) is 0 Å². The lowest BCUT2D eigenvalue weighted by Crippen LogP contribution is -2.17. The van der Waals surface area contributed by atoms with Crippen LogP contribution in [0.1, 0.15) is 19.4 Å². The molecule has 0 unspecified atom stereocenters. The number of hydrogen-bond donors (Lipinski definition) is 1. The summed E-state index contributed by atoms with van der Waals surface area (Å²) in [6, 6.07) is 18.7. The molecular formula is C19H17FO. The van der Waals surface area contributed by atoms with Gasteiger partial charge in [-0.15, -0.1) is 0 Å². The zero-order valence-corrected chi connectivity index (χ0v) is 12.1. The van der Waals surface area contributed by atoms with Crippen molar-refractivity contribution >= 4 is 10.8 Å². The van der Waals surface area contributed by atoms with E-state index in [4.69, 9.17) is 0 Å². The Morgan fingerprint density at radius 2 is 1.57 bits per heavy atom. The highest BCUT2D eigenvalue weighted by atomic mass is 19.1. The fourth-order valence-corrected chi connectivity index (χ4v) is 2.72. The standard InChI is InChI=1S/C19H17FO/c1-19(2,21)18-12-14(20)10-11-17(18)16-9-5-7-13-6-3-4-8-15(13)16/h3-12,21H,1-2H3. The number of rotatable bonds is 2. The molecule has 0 aliphatic heterocycles. The van der Waals surface area contributed by atoms with Crippen molar-refractivity contribution in [1.29, 1.82) is 0 Å². The molecule has 21 heavy (non-hydrogen) atoms.